The van der Waals surface area contributed by atoms with Gasteiger partial charge < -0.3 is 0 Å². The third-order valence-corrected chi connectivity index (χ3v) is 11.3. The van der Waals surface area contributed by atoms with E-state index < -0.39 is 0 Å². The average molecular weight is 697 g/mol. The first-order chi connectivity index (χ1) is 24.6. The lowest BCUT2D eigenvalue weighted by Crippen LogP contribution is -2.01. The molecule has 0 radical (unpaired) electrons. The van der Waals surface area contributed by atoms with Crippen molar-refractivity contribution in [2.45, 2.75) is 286 Å². The third kappa shape index (κ3) is 33.1. The van der Waals surface area contributed by atoms with Gasteiger partial charge in [0.05, 0.1) is 0 Å². The summed E-state index contributed by atoms with van der Waals surface area (Å²) in [4.78, 5) is 0. The monoisotopic (exact) mass is 697 g/mol. The summed E-state index contributed by atoms with van der Waals surface area (Å²) < 4.78 is 0. The number of rotatable bonds is 37. The van der Waals surface area contributed by atoms with Crippen molar-refractivity contribution < 1.29 is 0 Å². The number of benzene rings is 1. The Balaban J connectivity index is 0.00000265. The van der Waals surface area contributed by atoms with Crippen molar-refractivity contribution in [2.24, 2.45) is 0 Å². The molecule has 0 unspecified atom stereocenters. The van der Waals surface area contributed by atoms with Gasteiger partial charge in [-0.3, -0.25) is 0 Å². The highest BCUT2D eigenvalue weighted by Gasteiger charge is 2.08. The minimum absolute atomic E-state index is 1.28. The van der Waals surface area contributed by atoms with E-state index in [1.165, 1.54) is 244 Å². The summed E-state index contributed by atoms with van der Waals surface area (Å²) in [5.74, 6) is 0. The van der Waals surface area contributed by atoms with E-state index in [2.05, 4.69) is 53.7 Å². The molecule has 0 aliphatic rings. The standard InChI is InChI=1S/C42H78.C8H18/c1-5-8-11-13-15-17-19-21-23-25-27-29-32-35-41-37-40(34-31-10-7-3)38-42(39(41)4)36-33-30-28-26-24-22-20-18-16-14-12-9-6-2;1-3-5-7-8-6-4-2/h37-38H,5-36H2,1-4H3;3-8H2,1-2H3. The molecule has 50 heavy (non-hydrogen) atoms. The summed E-state index contributed by atoms with van der Waals surface area (Å²) in [6.07, 6.45) is 54.0. The van der Waals surface area contributed by atoms with Gasteiger partial charge in [-0.15, -0.1) is 0 Å². The molecule has 0 bridgehead atoms. The van der Waals surface area contributed by atoms with Crippen LogP contribution in [0.1, 0.15) is 282 Å². The van der Waals surface area contributed by atoms with E-state index in [-0.39, 0.29) is 0 Å². The maximum Gasteiger partial charge on any atom is -0.0276 e. The van der Waals surface area contributed by atoms with Gasteiger partial charge in [0.15, 0.2) is 0 Å². The van der Waals surface area contributed by atoms with Crippen LogP contribution in [0, 0.1) is 6.92 Å². The Morgan fingerprint density at radius 1 is 0.260 bits per heavy atom. The zero-order chi connectivity index (χ0) is 36.6. The fourth-order valence-electron chi connectivity index (χ4n) is 7.67. The van der Waals surface area contributed by atoms with Crippen molar-refractivity contribution in [1.29, 1.82) is 0 Å². The van der Waals surface area contributed by atoms with Crippen molar-refractivity contribution in [3.8, 4) is 0 Å². The van der Waals surface area contributed by atoms with Crippen LogP contribution in [-0.2, 0) is 19.3 Å². The Bertz CT molecular complexity index is 717. The normalized spacial score (nSPS) is 11.2. The lowest BCUT2D eigenvalue weighted by atomic mass is 9.90. The minimum Gasteiger partial charge on any atom is -0.0654 e. The molecule has 296 valence electrons. The number of aryl methyl sites for hydroxylation is 3. The Morgan fingerprint density at radius 2 is 0.460 bits per heavy atom. The van der Waals surface area contributed by atoms with Gasteiger partial charge >= 0.3 is 0 Å². The molecule has 1 aromatic rings. The van der Waals surface area contributed by atoms with E-state index in [9.17, 15) is 0 Å². The maximum absolute atomic E-state index is 2.60. The molecule has 0 atom stereocenters. The second kappa shape index (κ2) is 41.0. The summed E-state index contributed by atoms with van der Waals surface area (Å²) >= 11 is 0. The minimum atomic E-state index is 1.28. The van der Waals surface area contributed by atoms with Gasteiger partial charge in [0.25, 0.3) is 0 Å². The molecule has 0 aromatic heterocycles. The van der Waals surface area contributed by atoms with Gasteiger partial charge in [-0.25, -0.2) is 0 Å². The molecular weight excluding hydrogens is 601 g/mol. The maximum atomic E-state index is 2.60. The average Bonchev–Trinajstić information content (AvgIpc) is 3.12. The van der Waals surface area contributed by atoms with Gasteiger partial charge in [0.2, 0.25) is 0 Å². The van der Waals surface area contributed by atoms with Crippen molar-refractivity contribution in [1.82, 2.24) is 0 Å². The van der Waals surface area contributed by atoms with E-state index in [1.807, 2.05) is 0 Å². The number of hydrogen-bond donors (Lipinski definition) is 0. The Kier molecular flexibility index (Phi) is 40.3. The molecule has 0 saturated carbocycles. The molecule has 0 spiro atoms. The van der Waals surface area contributed by atoms with E-state index in [0.717, 1.165) is 0 Å². The molecule has 0 amide bonds. The number of hydrogen-bond acceptors (Lipinski definition) is 0. The smallest absolute Gasteiger partial charge is 0.0276 e. The van der Waals surface area contributed by atoms with Crippen LogP contribution in [0.25, 0.3) is 0 Å². The Labute approximate surface area is 318 Å². The molecule has 0 saturated heterocycles. The van der Waals surface area contributed by atoms with Crippen LogP contribution in [0.5, 0.6) is 0 Å². The molecule has 0 heteroatoms. The fourth-order valence-corrected chi connectivity index (χ4v) is 7.67. The number of unbranched alkanes of at least 4 members (excludes halogenated alkanes) is 31. The highest BCUT2D eigenvalue weighted by molar-refractivity contribution is 5.39. The molecule has 0 N–H and O–H groups in total. The molecule has 1 aromatic carbocycles. The van der Waals surface area contributed by atoms with Gasteiger partial charge in [-0.2, -0.15) is 0 Å². The van der Waals surface area contributed by atoms with Crippen LogP contribution in [-0.4, -0.2) is 0 Å². The van der Waals surface area contributed by atoms with Crippen LogP contribution < -0.4 is 0 Å². The lowest BCUT2D eigenvalue weighted by Gasteiger charge is -2.15. The van der Waals surface area contributed by atoms with Crippen LogP contribution in [0.15, 0.2) is 12.1 Å². The zero-order valence-electron chi connectivity index (χ0n) is 36.0. The predicted octanol–water partition coefficient (Wildman–Crippen LogP) is 18.4. The summed E-state index contributed by atoms with van der Waals surface area (Å²) in [6, 6.07) is 5.19. The first-order valence-corrected chi connectivity index (χ1v) is 23.8. The van der Waals surface area contributed by atoms with E-state index in [0.29, 0.717) is 0 Å². The summed E-state index contributed by atoms with van der Waals surface area (Å²) in [5.41, 5.74) is 6.61. The molecule has 0 aliphatic carbocycles. The summed E-state index contributed by atoms with van der Waals surface area (Å²) in [7, 11) is 0. The summed E-state index contributed by atoms with van der Waals surface area (Å²) in [6.45, 7) is 13.9. The van der Waals surface area contributed by atoms with Gasteiger partial charge in [0, 0.05) is 0 Å². The third-order valence-electron chi connectivity index (χ3n) is 11.3. The molecular formula is C50H96. The molecule has 1 rings (SSSR count). The van der Waals surface area contributed by atoms with Crippen molar-refractivity contribution in [3.63, 3.8) is 0 Å². The molecule has 0 fully saturated rings. The van der Waals surface area contributed by atoms with Crippen LogP contribution in [0.3, 0.4) is 0 Å². The first kappa shape index (κ1) is 49.2. The first-order valence-electron chi connectivity index (χ1n) is 23.8. The Hall–Kier alpha value is -0.780. The van der Waals surface area contributed by atoms with Gasteiger partial charge in [0.1, 0.15) is 0 Å². The second-order valence-electron chi connectivity index (χ2n) is 16.4. The van der Waals surface area contributed by atoms with Crippen molar-refractivity contribution in [2.75, 3.05) is 0 Å². The van der Waals surface area contributed by atoms with Crippen molar-refractivity contribution >= 4 is 0 Å². The molecule has 0 nitrogen and oxygen atoms in total. The second-order valence-corrected chi connectivity index (χ2v) is 16.4. The lowest BCUT2D eigenvalue weighted by molar-refractivity contribution is 0.538. The SMILES string of the molecule is CCCCCCCC.CCCCCCCCCCCCCCCc1cc(CCCCC)cc(CCCCCCCCCCCCCCC)c1C. The van der Waals surface area contributed by atoms with Crippen LogP contribution in [0.2, 0.25) is 0 Å². The fraction of sp³-hybridized carbons (Fsp3) is 0.880. The highest BCUT2D eigenvalue weighted by Crippen LogP contribution is 2.24. The molecule has 0 heterocycles. The van der Waals surface area contributed by atoms with E-state index >= 15 is 0 Å². The van der Waals surface area contributed by atoms with E-state index in [1.54, 1.807) is 22.3 Å². The van der Waals surface area contributed by atoms with Crippen LogP contribution >= 0.6 is 0 Å². The molecule has 0 aliphatic heterocycles. The van der Waals surface area contributed by atoms with Crippen LogP contribution in [0.4, 0.5) is 0 Å². The Morgan fingerprint density at radius 3 is 0.720 bits per heavy atom. The predicted molar refractivity (Wildman–Crippen MR) is 232 cm³/mol. The van der Waals surface area contributed by atoms with Gasteiger partial charge in [-0.05, 0) is 67.7 Å². The quantitative estimate of drug-likeness (QED) is 0.0608. The largest absolute Gasteiger partial charge is 0.0654 e. The highest BCUT2D eigenvalue weighted by atomic mass is 14.1. The topological polar surface area (TPSA) is 0 Å². The summed E-state index contributed by atoms with van der Waals surface area (Å²) in [5, 5.41) is 0. The van der Waals surface area contributed by atoms with Gasteiger partial charge in [-0.1, -0.05) is 252 Å². The zero-order valence-corrected chi connectivity index (χ0v) is 36.0. The van der Waals surface area contributed by atoms with Crippen molar-refractivity contribution in [3.05, 3.63) is 34.4 Å². The van der Waals surface area contributed by atoms with E-state index in [4.69, 9.17) is 0 Å².